The van der Waals surface area contributed by atoms with Crippen LogP contribution in [0.25, 0.3) is 96.0 Å². The lowest BCUT2D eigenvalue weighted by Crippen LogP contribution is -2.00. The Morgan fingerprint density at radius 1 is 0.262 bits per heavy atom. The van der Waals surface area contributed by atoms with Gasteiger partial charge in [-0.3, -0.25) is 0 Å². The molecule has 0 unspecified atom stereocenters. The molecule has 10 aromatic rings. The van der Waals surface area contributed by atoms with E-state index in [1.165, 1.54) is 34.0 Å². The quantitative estimate of drug-likeness (QED) is 0.0354. The van der Waals surface area contributed by atoms with Gasteiger partial charge in [-0.2, -0.15) is 29.9 Å². The number of benzene rings is 3. The van der Waals surface area contributed by atoms with Crippen LogP contribution in [0.4, 0.5) is 0 Å². The molecule has 7 heterocycles. The molecule has 84 heavy (non-hydrogen) atoms. The molecule has 24 heteroatoms. The van der Waals surface area contributed by atoms with Gasteiger partial charge >= 0.3 is 0 Å². The van der Waals surface area contributed by atoms with Crippen molar-refractivity contribution in [1.29, 1.82) is 0 Å². The molecule has 10 rings (SSSR count). The predicted molar refractivity (Wildman–Crippen MR) is 337 cm³/mol. The highest BCUT2D eigenvalue weighted by atomic mass is 32.1. The van der Waals surface area contributed by atoms with Gasteiger partial charge in [0.1, 0.15) is 68.4 Å². The van der Waals surface area contributed by atoms with Gasteiger partial charge in [0.05, 0.1) is 72.0 Å². The van der Waals surface area contributed by atoms with Crippen molar-refractivity contribution in [2.24, 2.45) is 0 Å². The molecule has 444 valence electrons. The molecule has 12 bridgehead atoms. The van der Waals surface area contributed by atoms with E-state index in [4.69, 9.17) is 58.3 Å². The minimum atomic E-state index is 0.337. The van der Waals surface area contributed by atoms with Crippen LogP contribution in [0.1, 0.15) is 157 Å². The molecule has 7 aromatic heterocycles. The molecule has 0 aliphatic heterocycles. The summed E-state index contributed by atoms with van der Waals surface area (Å²) in [5.41, 5.74) is 2.69. The Kier molecular flexibility index (Phi) is 21.2. The van der Waals surface area contributed by atoms with Crippen LogP contribution in [0.2, 0.25) is 0 Å². The second-order valence-corrected chi connectivity index (χ2v) is 23.3. The lowest BCUT2D eigenvalue weighted by Gasteiger charge is -2.11. The number of nitrogens with zero attached hydrogens (tertiary/aromatic N) is 12. The highest BCUT2D eigenvalue weighted by molar-refractivity contribution is 7.22. The first kappa shape index (κ1) is 59.7. The first-order chi connectivity index (χ1) is 41.4. The van der Waals surface area contributed by atoms with Gasteiger partial charge in [-0.25, -0.2) is 0 Å². The van der Waals surface area contributed by atoms with E-state index in [1.807, 2.05) is 36.4 Å². The molecule has 0 amide bonds. The Bertz CT molecular complexity index is 3390. The van der Waals surface area contributed by atoms with Crippen molar-refractivity contribution in [3.8, 4) is 34.5 Å². The number of hydrogen-bond donors (Lipinski definition) is 3. The van der Waals surface area contributed by atoms with Gasteiger partial charge in [-0.1, -0.05) is 153 Å². The van der Waals surface area contributed by atoms with E-state index >= 15 is 0 Å². The summed E-state index contributed by atoms with van der Waals surface area (Å²) in [4.78, 5) is 43.4. The predicted octanol–water partition coefficient (Wildman–Crippen LogP) is 15.8. The Morgan fingerprint density at radius 2 is 0.429 bits per heavy atom. The lowest BCUT2D eigenvalue weighted by molar-refractivity contribution is 0.303. The van der Waals surface area contributed by atoms with Crippen LogP contribution in [0, 0.1) is 0 Å². The SMILES string of the molecule is CCCCCOc1ccc(OCCCCC)c2c3nc4nnc(nc5[nH]c(nc6nnc(nc7[nH]c(nc8nnc(nc([nH]3)c12)s8)c1c(OCCCCC)ccc(OCCCCC)c71)s6)c1c(OCCCCC)ccc(OCCCCC)c51)s4. The second-order valence-electron chi connectivity index (χ2n) is 20.5. The molecule has 3 aromatic carbocycles. The van der Waals surface area contributed by atoms with Crippen LogP contribution < -0.4 is 28.4 Å². The molecular formula is C60H75N15O6S3. The van der Waals surface area contributed by atoms with Gasteiger partial charge in [0.15, 0.2) is 0 Å². The molecule has 0 spiro atoms. The minimum absolute atomic E-state index is 0.337. The molecular weight excluding hydrogens is 1120 g/mol. The molecule has 0 aliphatic rings. The van der Waals surface area contributed by atoms with Crippen LogP contribution >= 0.6 is 34.0 Å². The van der Waals surface area contributed by atoms with Crippen molar-refractivity contribution < 1.29 is 28.4 Å². The van der Waals surface area contributed by atoms with Crippen LogP contribution in [0.3, 0.4) is 0 Å². The lowest BCUT2D eigenvalue weighted by atomic mass is 10.1. The molecule has 3 N–H and O–H groups in total. The monoisotopic (exact) mass is 1200 g/mol. The molecule has 0 saturated heterocycles. The van der Waals surface area contributed by atoms with Gasteiger partial charge < -0.3 is 43.4 Å². The highest BCUT2D eigenvalue weighted by Gasteiger charge is 2.22. The maximum atomic E-state index is 6.58. The van der Waals surface area contributed by atoms with Crippen LogP contribution in [-0.4, -0.2) is 115 Å². The summed E-state index contributed by atoms with van der Waals surface area (Å²) in [5.74, 6) is 3.72. The summed E-state index contributed by atoms with van der Waals surface area (Å²) in [6.45, 7) is 16.1. The third-order valence-electron chi connectivity index (χ3n) is 14.0. The normalized spacial score (nSPS) is 11.6. The molecule has 0 atom stereocenters. The van der Waals surface area contributed by atoms with Crippen molar-refractivity contribution >= 4 is 130 Å². The number of aromatic nitrogens is 15. The number of aromatic amines is 3. The van der Waals surface area contributed by atoms with Crippen molar-refractivity contribution in [2.75, 3.05) is 39.6 Å². The summed E-state index contributed by atoms with van der Waals surface area (Å²) in [6, 6.07) is 11.6. The average molecular weight is 1200 g/mol. The van der Waals surface area contributed by atoms with Crippen LogP contribution in [0.15, 0.2) is 36.4 Å². The fourth-order valence-corrected chi connectivity index (χ4v) is 11.5. The number of unbranched alkanes of at least 4 members (excludes halogenated alkanes) is 12. The fourth-order valence-electron chi connectivity index (χ4n) is 9.71. The third-order valence-corrected chi connectivity index (χ3v) is 16.1. The third kappa shape index (κ3) is 14.5. The smallest absolute Gasteiger partial charge is 0.235 e. The van der Waals surface area contributed by atoms with Crippen molar-refractivity contribution in [3.05, 3.63) is 36.4 Å². The Hall–Kier alpha value is -7.44. The maximum absolute atomic E-state index is 6.58. The molecule has 0 aliphatic carbocycles. The Labute approximate surface area is 498 Å². The van der Waals surface area contributed by atoms with E-state index in [-0.39, 0.29) is 0 Å². The maximum Gasteiger partial charge on any atom is 0.235 e. The zero-order chi connectivity index (χ0) is 58.0. The number of nitrogens with one attached hydrogen (secondary N) is 3. The van der Waals surface area contributed by atoms with Gasteiger partial charge in [-0.05, 0) is 74.9 Å². The zero-order valence-corrected chi connectivity index (χ0v) is 51.4. The summed E-state index contributed by atoms with van der Waals surface area (Å²) < 4.78 is 39.5. The summed E-state index contributed by atoms with van der Waals surface area (Å²) in [6.07, 6.45) is 17.8. The van der Waals surface area contributed by atoms with E-state index in [0.717, 1.165) is 116 Å². The van der Waals surface area contributed by atoms with Gasteiger partial charge in [-0.15, -0.1) is 30.6 Å². The first-order valence-corrected chi connectivity index (χ1v) is 32.5. The average Bonchev–Trinajstić information content (AvgIpc) is 2.86. The highest BCUT2D eigenvalue weighted by Crippen LogP contribution is 2.42. The second kappa shape index (κ2) is 29.9. The number of rotatable bonds is 30. The van der Waals surface area contributed by atoms with Gasteiger partial charge in [0.25, 0.3) is 0 Å². The molecule has 21 nitrogen and oxygen atoms in total. The number of ether oxygens (including phenoxy) is 6. The first-order valence-electron chi connectivity index (χ1n) is 30.0. The van der Waals surface area contributed by atoms with E-state index < -0.39 is 0 Å². The van der Waals surface area contributed by atoms with Crippen molar-refractivity contribution in [2.45, 2.75) is 157 Å². The largest absolute Gasteiger partial charge is 0.493 e. The summed E-state index contributed by atoms with van der Waals surface area (Å²) in [7, 11) is 0. The van der Waals surface area contributed by atoms with E-state index in [9.17, 15) is 0 Å². The van der Waals surface area contributed by atoms with Gasteiger partial charge in [0, 0.05) is 0 Å². The standard InChI is InChI=1S/C60H75N15O6S3/c1-7-13-19-31-76-37-25-26-38(77-32-20-14-8-2)44-43(37)49-61-50(44)65-56-71-73-58(83-56)67-52-47-41(80-35-23-17-11-5)29-30-42(81-36-24-18-12-6)48(47)54(63-52)69-60-75-74-59(84-60)68-53-46-40(79-34-22-16-10-4)28-27-39(78-33-21-15-9-3)45(46)51(62-53)66-57-72-70-55(64-49)82-57/h25-30H,7-24,31-36H2,1-6H3,(H,61,64,65,70,71)(H,62,66,68,72,74)(H,63,67,69,73,75). The minimum Gasteiger partial charge on any atom is -0.493 e. The number of H-pyrrole nitrogens is 3. The van der Waals surface area contributed by atoms with E-state index in [0.29, 0.717) is 170 Å². The number of hydrogen-bond acceptors (Lipinski definition) is 21. The zero-order valence-electron chi connectivity index (χ0n) is 49.0. The van der Waals surface area contributed by atoms with Crippen molar-refractivity contribution in [1.82, 2.24) is 75.4 Å². The fraction of sp³-hybridized carbons (Fsp3) is 0.500. The molecule has 0 saturated carbocycles. The summed E-state index contributed by atoms with van der Waals surface area (Å²) >= 11 is 3.65. The van der Waals surface area contributed by atoms with E-state index in [2.05, 4.69) is 87.1 Å². The van der Waals surface area contributed by atoms with Gasteiger partial charge in [0.2, 0.25) is 29.8 Å². The topological polar surface area (TPSA) is 257 Å². The molecule has 0 radical (unpaired) electrons. The molecule has 0 fully saturated rings. The van der Waals surface area contributed by atoms with Crippen molar-refractivity contribution in [3.63, 3.8) is 0 Å². The summed E-state index contributed by atoms with van der Waals surface area (Å²) in [5, 5.41) is 31.5. The van der Waals surface area contributed by atoms with Crippen LogP contribution in [-0.2, 0) is 0 Å². The Morgan fingerprint density at radius 3 is 0.583 bits per heavy atom. The van der Waals surface area contributed by atoms with E-state index in [1.54, 1.807) is 0 Å². The van der Waals surface area contributed by atoms with Crippen LogP contribution in [0.5, 0.6) is 34.5 Å². The Balaban J connectivity index is 1.30. The number of fused-ring (bicyclic) bond motifs is 21.